The van der Waals surface area contributed by atoms with Crippen LogP contribution in [0.5, 0.6) is 0 Å². The summed E-state index contributed by atoms with van der Waals surface area (Å²) in [5, 5.41) is 10.3. The maximum atomic E-state index is 11.9. The van der Waals surface area contributed by atoms with Crippen molar-refractivity contribution in [1.29, 1.82) is 0 Å². The van der Waals surface area contributed by atoms with Gasteiger partial charge in [0.15, 0.2) is 5.82 Å². The van der Waals surface area contributed by atoms with E-state index in [1.807, 2.05) is 37.4 Å². The zero-order valence-corrected chi connectivity index (χ0v) is 10.1. The fourth-order valence-corrected chi connectivity index (χ4v) is 1.56. The van der Waals surface area contributed by atoms with Crippen LogP contribution in [-0.4, -0.2) is 20.7 Å². The smallest absolute Gasteiger partial charge is 0.241 e. The lowest BCUT2D eigenvalue weighted by molar-refractivity contribution is -0.122. The lowest BCUT2D eigenvalue weighted by Gasteiger charge is -2.12. The second-order valence-electron chi connectivity index (χ2n) is 3.96. The minimum absolute atomic E-state index is 0.232. The Kier molecular flexibility index (Phi) is 3.69. The van der Waals surface area contributed by atoms with Gasteiger partial charge in [0.25, 0.3) is 0 Å². The number of carbonyl (C=O) groups excluding carboxylic acids is 1. The highest BCUT2D eigenvalue weighted by Gasteiger charge is 2.15. The normalized spacial score (nSPS) is 12.1. The van der Waals surface area contributed by atoms with Crippen molar-refractivity contribution in [2.75, 3.05) is 0 Å². The van der Waals surface area contributed by atoms with Crippen molar-refractivity contribution in [3.8, 4) is 0 Å². The van der Waals surface area contributed by atoms with E-state index >= 15 is 0 Å². The average Bonchev–Trinajstić information content (AvgIpc) is 2.81. The van der Waals surface area contributed by atoms with Crippen LogP contribution >= 0.6 is 0 Å². The first kappa shape index (κ1) is 12.3. The molecule has 0 aliphatic heterocycles. The molecule has 0 saturated heterocycles. The van der Waals surface area contributed by atoms with E-state index in [4.69, 9.17) is 5.73 Å². The largest absolute Gasteiger partial charge is 0.347 e. The SMILES string of the molecule is Cn1cnnc1CNC(=O)[C@@H](N)c1ccccc1. The first-order valence-electron chi connectivity index (χ1n) is 5.59. The lowest BCUT2D eigenvalue weighted by atomic mass is 10.1. The van der Waals surface area contributed by atoms with Crippen LogP contribution < -0.4 is 11.1 Å². The molecule has 2 rings (SSSR count). The van der Waals surface area contributed by atoms with E-state index in [1.54, 1.807) is 10.9 Å². The number of rotatable bonds is 4. The van der Waals surface area contributed by atoms with Crippen molar-refractivity contribution >= 4 is 5.91 Å². The van der Waals surface area contributed by atoms with Crippen LogP contribution in [0.15, 0.2) is 36.7 Å². The van der Waals surface area contributed by atoms with Crippen LogP contribution in [0.2, 0.25) is 0 Å². The molecule has 0 spiro atoms. The maximum Gasteiger partial charge on any atom is 0.241 e. The third-order valence-corrected chi connectivity index (χ3v) is 2.67. The summed E-state index contributed by atoms with van der Waals surface area (Å²) >= 11 is 0. The summed E-state index contributed by atoms with van der Waals surface area (Å²) in [6, 6.07) is 8.57. The van der Waals surface area contributed by atoms with E-state index in [2.05, 4.69) is 15.5 Å². The highest BCUT2D eigenvalue weighted by molar-refractivity contribution is 5.82. The summed E-state index contributed by atoms with van der Waals surface area (Å²) in [5.74, 6) is 0.452. The third kappa shape index (κ3) is 2.72. The van der Waals surface area contributed by atoms with Gasteiger partial charge in [-0.25, -0.2) is 0 Å². The summed E-state index contributed by atoms with van der Waals surface area (Å²) in [5.41, 5.74) is 6.65. The van der Waals surface area contributed by atoms with Crippen LogP contribution in [0, 0.1) is 0 Å². The second-order valence-corrected chi connectivity index (χ2v) is 3.96. The molecule has 1 heterocycles. The Morgan fingerprint density at radius 1 is 1.44 bits per heavy atom. The van der Waals surface area contributed by atoms with Gasteiger partial charge in [-0.15, -0.1) is 10.2 Å². The van der Waals surface area contributed by atoms with E-state index < -0.39 is 6.04 Å². The fraction of sp³-hybridized carbons (Fsp3) is 0.250. The quantitative estimate of drug-likeness (QED) is 0.801. The number of amides is 1. The molecule has 0 radical (unpaired) electrons. The van der Waals surface area contributed by atoms with Gasteiger partial charge in [0, 0.05) is 7.05 Å². The van der Waals surface area contributed by atoms with Gasteiger partial charge in [0.2, 0.25) is 5.91 Å². The Bertz CT molecular complexity index is 522. The summed E-state index contributed by atoms with van der Waals surface area (Å²) < 4.78 is 1.74. The highest BCUT2D eigenvalue weighted by Crippen LogP contribution is 2.09. The molecule has 3 N–H and O–H groups in total. The summed E-state index contributed by atoms with van der Waals surface area (Å²) in [6.07, 6.45) is 1.58. The molecule has 94 valence electrons. The fourth-order valence-electron chi connectivity index (χ4n) is 1.56. The van der Waals surface area contributed by atoms with Gasteiger partial charge in [-0.1, -0.05) is 30.3 Å². The van der Waals surface area contributed by atoms with E-state index in [0.29, 0.717) is 12.4 Å². The molecule has 1 atom stereocenters. The number of nitrogens with one attached hydrogen (secondary N) is 1. The van der Waals surface area contributed by atoms with Gasteiger partial charge < -0.3 is 15.6 Å². The Labute approximate surface area is 105 Å². The molecule has 6 heteroatoms. The van der Waals surface area contributed by atoms with Crippen LogP contribution in [0.1, 0.15) is 17.4 Å². The molecule has 1 amide bonds. The molecule has 1 aromatic heterocycles. The van der Waals surface area contributed by atoms with Gasteiger partial charge in [-0.3, -0.25) is 4.79 Å². The topological polar surface area (TPSA) is 85.8 Å². The molecule has 0 saturated carbocycles. The molecule has 0 aliphatic rings. The van der Waals surface area contributed by atoms with Gasteiger partial charge in [0.05, 0.1) is 6.54 Å². The Balaban J connectivity index is 1.95. The van der Waals surface area contributed by atoms with Crippen molar-refractivity contribution in [2.45, 2.75) is 12.6 Å². The van der Waals surface area contributed by atoms with Crippen molar-refractivity contribution in [3.63, 3.8) is 0 Å². The molecule has 18 heavy (non-hydrogen) atoms. The monoisotopic (exact) mass is 245 g/mol. The first-order chi connectivity index (χ1) is 8.68. The van der Waals surface area contributed by atoms with Gasteiger partial charge in [-0.05, 0) is 5.56 Å². The van der Waals surface area contributed by atoms with Crippen LogP contribution in [-0.2, 0) is 18.4 Å². The third-order valence-electron chi connectivity index (χ3n) is 2.67. The number of benzene rings is 1. The number of hydrogen-bond donors (Lipinski definition) is 2. The van der Waals surface area contributed by atoms with E-state index in [0.717, 1.165) is 5.56 Å². The van der Waals surface area contributed by atoms with Crippen molar-refractivity contribution in [3.05, 3.63) is 48.0 Å². The summed E-state index contributed by atoms with van der Waals surface area (Å²) in [7, 11) is 1.82. The number of nitrogens with two attached hydrogens (primary N) is 1. The van der Waals surface area contributed by atoms with Crippen LogP contribution in [0.25, 0.3) is 0 Å². The second kappa shape index (κ2) is 5.42. The van der Waals surface area contributed by atoms with E-state index in [1.165, 1.54) is 0 Å². The number of carbonyl (C=O) groups is 1. The molecular weight excluding hydrogens is 230 g/mol. The lowest BCUT2D eigenvalue weighted by Crippen LogP contribution is -2.34. The van der Waals surface area contributed by atoms with Crippen LogP contribution in [0.3, 0.4) is 0 Å². The molecule has 0 aliphatic carbocycles. The van der Waals surface area contributed by atoms with Gasteiger partial charge in [-0.2, -0.15) is 0 Å². The standard InChI is InChI=1S/C12H15N5O/c1-17-8-15-16-10(17)7-14-12(18)11(13)9-5-3-2-4-6-9/h2-6,8,11H,7,13H2,1H3,(H,14,18)/t11-/m0/s1. The summed E-state index contributed by atoms with van der Waals surface area (Å²) in [4.78, 5) is 11.9. The predicted molar refractivity (Wildman–Crippen MR) is 66.2 cm³/mol. The Morgan fingerprint density at radius 2 is 2.17 bits per heavy atom. The molecule has 0 bridgehead atoms. The zero-order chi connectivity index (χ0) is 13.0. The van der Waals surface area contributed by atoms with Gasteiger partial charge >= 0.3 is 0 Å². The van der Waals surface area contributed by atoms with Gasteiger partial charge in [0.1, 0.15) is 12.4 Å². The van der Waals surface area contributed by atoms with Crippen molar-refractivity contribution in [1.82, 2.24) is 20.1 Å². The maximum absolute atomic E-state index is 11.9. The summed E-state index contributed by atoms with van der Waals surface area (Å²) in [6.45, 7) is 0.315. The van der Waals surface area contributed by atoms with Crippen LogP contribution in [0.4, 0.5) is 0 Å². The Hall–Kier alpha value is -2.21. The Morgan fingerprint density at radius 3 is 2.78 bits per heavy atom. The minimum Gasteiger partial charge on any atom is -0.347 e. The first-order valence-corrected chi connectivity index (χ1v) is 5.59. The minimum atomic E-state index is -0.667. The average molecular weight is 245 g/mol. The van der Waals surface area contributed by atoms with E-state index in [-0.39, 0.29) is 5.91 Å². The molecular formula is C12H15N5O. The van der Waals surface area contributed by atoms with E-state index in [9.17, 15) is 4.79 Å². The highest BCUT2D eigenvalue weighted by atomic mass is 16.2. The molecule has 2 aromatic rings. The number of aryl methyl sites for hydroxylation is 1. The van der Waals surface area contributed by atoms with Crippen molar-refractivity contribution < 1.29 is 4.79 Å². The predicted octanol–water partition coefficient (Wildman–Crippen LogP) is 0.131. The molecule has 0 unspecified atom stereocenters. The zero-order valence-electron chi connectivity index (χ0n) is 10.1. The number of hydrogen-bond acceptors (Lipinski definition) is 4. The number of nitrogens with zero attached hydrogens (tertiary/aromatic N) is 3. The molecule has 6 nitrogen and oxygen atoms in total. The van der Waals surface area contributed by atoms with Crippen molar-refractivity contribution in [2.24, 2.45) is 12.8 Å². The molecule has 0 fully saturated rings. The molecule has 1 aromatic carbocycles. The number of aromatic nitrogens is 3.